The van der Waals surface area contributed by atoms with Gasteiger partial charge in [0.1, 0.15) is 0 Å². The quantitative estimate of drug-likeness (QED) is 0.780. The van der Waals surface area contributed by atoms with Crippen molar-refractivity contribution in [3.8, 4) is 0 Å². The van der Waals surface area contributed by atoms with Crippen LogP contribution >= 0.6 is 0 Å². The van der Waals surface area contributed by atoms with Crippen molar-refractivity contribution in [2.24, 2.45) is 11.1 Å². The number of rotatable bonds is 4. The van der Waals surface area contributed by atoms with E-state index in [2.05, 4.69) is 10.6 Å². The molecule has 0 atom stereocenters. The monoisotopic (exact) mass is 261 g/mol. The Labute approximate surface area is 114 Å². The van der Waals surface area contributed by atoms with Gasteiger partial charge in [-0.25, -0.2) is 4.79 Å². The van der Waals surface area contributed by atoms with E-state index in [1.165, 1.54) is 12.8 Å². The number of nitrogens with one attached hydrogen (secondary N) is 2. The summed E-state index contributed by atoms with van der Waals surface area (Å²) in [6.07, 6.45) is 4.68. The highest BCUT2D eigenvalue weighted by Crippen LogP contribution is 2.36. The van der Waals surface area contributed by atoms with E-state index in [-0.39, 0.29) is 11.4 Å². The van der Waals surface area contributed by atoms with Gasteiger partial charge in [-0.3, -0.25) is 0 Å². The van der Waals surface area contributed by atoms with Crippen LogP contribution in [0.3, 0.4) is 0 Å². The lowest BCUT2D eigenvalue weighted by atomic mass is 9.86. The first-order valence-corrected chi connectivity index (χ1v) is 6.95. The van der Waals surface area contributed by atoms with E-state index in [0.29, 0.717) is 13.1 Å². The second-order valence-electron chi connectivity index (χ2n) is 5.59. The van der Waals surface area contributed by atoms with Crippen LogP contribution in [-0.2, 0) is 0 Å². The number of hydrogen-bond donors (Lipinski definition) is 3. The topological polar surface area (TPSA) is 67.2 Å². The lowest BCUT2D eigenvalue weighted by Crippen LogP contribution is -2.42. The van der Waals surface area contributed by atoms with Crippen molar-refractivity contribution in [2.45, 2.75) is 32.6 Å². The molecule has 1 fully saturated rings. The molecule has 4 nitrogen and oxygen atoms in total. The van der Waals surface area contributed by atoms with Crippen LogP contribution in [-0.4, -0.2) is 19.1 Å². The first-order valence-electron chi connectivity index (χ1n) is 6.95. The first kappa shape index (κ1) is 13.9. The molecule has 0 unspecified atom stereocenters. The Kier molecular flexibility index (Phi) is 4.43. The van der Waals surface area contributed by atoms with Gasteiger partial charge in [0.05, 0.1) is 0 Å². The third-order valence-corrected chi connectivity index (χ3v) is 4.00. The third-order valence-electron chi connectivity index (χ3n) is 4.00. The normalized spacial score (nSPS) is 17.2. The summed E-state index contributed by atoms with van der Waals surface area (Å²) >= 11 is 0. The van der Waals surface area contributed by atoms with Crippen LogP contribution < -0.4 is 16.4 Å². The SMILES string of the molecule is Cc1cccc(NC(=O)NCC2(CN)CCCC2)c1. The third kappa shape index (κ3) is 3.70. The highest BCUT2D eigenvalue weighted by atomic mass is 16.2. The lowest BCUT2D eigenvalue weighted by molar-refractivity contribution is 0.239. The maximum atomic E-state index is 11.9. The zero-order valence-electron chi connectivity index (χ0n) is 11.5. The van der Waals surface area contributed by atoms with Crippen molar-refractivity contribution in [1.82, 2.24) is 5.32 Å². The molecule has 104 valence electrons. The molecule has 1 aliphatic rings. The van der Waals surface area contributed by atoms with Gasteiger partial charge >= 0.3 is 6.03 Å². The number of nitrogens with two attached hydrogens (primary N) is 1. The molecule has 0 heterocycles. The summed E-state index contributed by atoms with van der Waals surface area (Å²) in [6.45, 7) is 3.32. The molecule has 1 aromatic carbocycles. The maximum Gasteiger partial charge on any atom is 0.319 e. The summed E-state index contributed by atoms with van der Waals surface area (Å²) in [5.74, 6) is 0. The van der Waals surface area contributed by atoms with Gasteiger partial charge in [-0.1, -0.05) is 25.0 Å². The van der Waals surface area contributed by atoms with Gasteiger partial charge in [-0.2, -0.15) is 0 Å². The van der Waals surface area contributed by atoms with E-state index < -0.39 is 0 Å². The van der Waals surface area contributed by atoms with E-state index in [1.807, 2.05) is 31.2 Å². The minimum Gasteiger partial charge on any atom is -0.337 e. The minimum absolute atomic E-state index is 0.115. The van der Waals surface area contributed by atoms with Gasteiger partial charge in [-0.15, -0.1) is 0 Å². The molecule has 19 heavy (non-hydrogen) atoms. The molecule has 0 aromatic heterocycles. The molecule has 4 heteroatoms. The standard InChI is InChI=1S/C15H23N3O/c1-12-5-4-6-13(9-12)18-14(19)17-11-15(10-16)7-2-3-8-15/h4-6,9H,2-3,7-8,10-11,16H2,1H3,(H2,17,18,19). The van der Waals surface area contributed by atoms with Gasteiger partial charge in [0.25, 0.3) is 0 Å². The van der Waals surface area contributed by atoms with Crippen LogP contribution in [0.2, 0.25) is 0 Å². The van der Waals surface area contributed by atoms with E-state index in [0.717, 1.165) is 24.1 Å². The van der Waals surface area contributed by atoms with Crippen molar-refractivity contribution >= 4 is 11.7 Å². The minimum atomic E-state index is -0.148. The molecule has 0 aliphatic heterocycles. The molecule has 0 spiro atoms. The largest absolute Gasteiger partial charge is 0.337 e. The second-order valence-corrected chi connectivity index (χ2v) is 5.59. The van der Waals surface area contributed by atoms with E-state index in [1.54, 1.807) is 0 Å². The summed E-state index contributed by atoms with van der Waals surface area (Å²) in [5.41, 5.74) is 7.93. The highest BCUT2D eigenvalue weighted by Gasteiger charge is 2.32. The number of carbonyl (C=O) groups is 1. The molecule has 0 bridgehead atoms. The van der Waals surface area contributed by atoms with E-state index >= 15 is 0 Å². The smallest absolute Gasteiger partial charge is 0.319 e. The van der Waals surface area contributed by atoms with Crippen molar-refractivity contribution in [2.75, 3.05) is 18.4 Å². The fourth-order valence-electron chi connectivity index (χ4n) is 2.74. The lowest BCUT2D eigenvalue weighted by Gasteiger charge is -2.27. The zero-order valence-corrected chi connectivity index (χ0v) is 11.5. The molecular weight excluding hydrogens is 238 g/mol. The fraction of sp³-hybridized carbons (Fsp3) is 0.533. The Bertz CT molecular complexity index is 439. The predicted octanol–water partition coefficient (Wildman–Crippen LogP) is 2.64. The van der Waals surface area contributed by atoms with Gasteiger partial charge < -0.3 is 16.4 Å². The Morgan fingerprint density at radius 2 is 2.11 bits per heavy atom. The Morgan fingerprint density at radius 3 is 2.74 bits per heavy atom. The highest BCUT2D eigenvalue weighted by molar-refractivity contribution is 5.89. The summed E-state index contributed by atoms with van der Waals surface area (Å²) in [6, 6.07) is 7.63. The average molecular weight is 261 g/mol. The van der Waals surface area contributed by atoms with Gasteiger partial charge in [0.15, 0.2) is 0 Å². The van der Waals surface area contributed by atoms with Crippen LogP contribution in [0, 0.1) is 12.3 Å². The Balaban J connectivity index is 1.84. The molecule has 1 aromatic rings. The van der Waals surface area contributed by atoms with Crippen LogP contribution in [0.15, 0.2) is 24.3 Å². The second kappa shape index (κ2) is 6.06. The summed E-state index contributed by atoms with van der Waals surface area (Å²) in [5, 5.41) is 5.81. The molecule has 1 aliphatic carbocycles. The molecule has 2 amide bonds. The average Bonchev–Trinajstić information content (AvgIpc) is 2.86. The summed E-state index contributed by atoms with van der Waals surface area (Å²) in [4.78, 5) is 11.9. The molecule has 0 saturated heterocycles. The van der Waals surface area contributed by atoms with Crippen LogP contribution in [0.5, 0.6) is 0 Å². The number of aryl methyl sites for hydroxylation is 1. The molecular formula is C15H23N3O. The Morgan fingerprint density at radius 1 is 1.37 bits per heavy atom. The molecule has 1 saturated carbocycles. The van der Waals surface area contributed by atoms with E-state index in [4.69, 9.17) is 5.73 Å². The van der Waals surface area contributed by atoms with Crippen molar-refractivity contribution in [3.05, 3.63) is 29.8 Å². The van der Waals surface area contributed by atoms with Crippen molar-refractivity contribution < 1.29 is 4.79 Å². The van der Waals surface area contributed by atoms with Crippen molar-refractivity contribution in [3.63, 3.8) is 0 Å². The molecule has 2 rings (SSSR count). The zero-order chi connectivity index (χ0) is 13.7. The summed E-state index contributed by atoms with van der Waals surface area (Å²) < 4.78 is 0. The number of anilines is 1. The number of benzene rings is 1. The van der Waals surface area contributed by atoms with Crippen LogP contribution in [0.4, 0.5) is 10.5 Å². The number of hydrogen-bond acceptors (Lipinski definition) is 2. The number of amides is 2. The van der Waals surface area contributed by atoms with E-state index in [9.17, 15) is 4.79 Å². The summed E-state index contributed by atoms with van der Waals surface area (Å²) in [7, 11) is 0. The maximum absolute atomic E-state index is 11.9. The fourth-order valence-corrected chi connectivity index (χ4v) is 2.74. The van der Waals surface area contributed by atoms with Gasteiger partial charge in [0, 0.05) is 17.6 Å². The molecule has 4 N–H and O–H groups in total. The van der Waals surface area contributed by atoms with Crippen LogP contribution in [0.1, 0.15) is 31.2 Å². The van der Waals surface area contributed by atoms with Gasteiger partial charge in [-0.05, 0) is 44.0 Å². The first-order chi connectivity index (χ1) is 9.13. The van der Waals surface area contributed by atoms with Crippen molar-refractivity contribution in [1.29, 1.82) is 0 Å². The Hall–Kier alpha value is -1.55. The number of carbonyl (C=O) groups excluding carboxylic acids is 1. The predicted molar refractivity (Wildman–Crippen MR) is 78.2 cm³/mol. The number of urea groups is 1. The molecule has 0 radical (unpaired) electrons. The van der Waals surface area contributed by atoms with Gasteiger partial charge in [0.2, 0.25) is 0 Å². The van der Waals surface area contributed by atoms with Crippen LogP contribution in [0.25, 0.3) is 0 Å².